The van der Waals surface area contributed by atoms with Crippen LogP contribution in [0.2, 0.25) is 0 Å². The molecule has 2 aromatic heterocycles. The molecule has 11 heteroatoms. The number of hydrogen-bond donors (Lipinski definition) is 1. The average Bonchev–Trinajstić information content (AvgIpc) is 3.41. The minimum atomic E-state index is -0.509. The SMILES string of the molecule is CCOc1cn(-c2ccc(F)cc2C)nc1C(=O)Nc1ccc(Oc2ccnc3c(OC)c(OC)ccc23)cc1OC. The molecule has 1 N–H and O–H groups in total. The van der Waals surface area contributed by atoms with Crippen LogP contribution in [0.25, 0.3) is 16.6 Å². The van der Waals surface area contributed by atoms with E-state index in [4.69, 9.17) is 23.7 Å². The summed E-state index contributed by atoms with van der Waals surface area (Å²) in [6, 6.07) is 14.7. The van der Waals surface area contributed by atoms with Crippen LogP contribution in [-0.4, -0.2) is 48.6 Å². The number of anilines is 1. The average molecular weight is 573 g/mol. The summed E-state index contributed by atoms with van der Waals surface area (Å²) in [5, 5.41) is 8.00. The molecule has 0 aliphatic heterocycles. The third-order valence-electron chi connectivity index (χ3n) is 6.46. The molecule has 5 rings (SSSR count). The Kier molecular flexibility index (Phi) is 8.09. The predicted octanol–water partition coefficient (Wildman–Crippen LogP) is 6.34. The largest absolute Gasteiger partial charge is 0.494 e. The van der Waals surface area contributed by atoms with Gasteiger partial charge in [-0.1, -0.05) is 0 Å². The fraction of sp³-hybridized carbons (Fsp3) is 0.194. The summed E-state index contributed by atoms with van der Waals surface area (Å²) >= 11 is 0. The van der Waals surface area contributed by atoms with Gasteiger partial charge in [0.05, 0.1) is 45.5 Å². The van der Waals surface area contributed by atoms with Crippen LogP contribution in [0, 0.1) is 12.7 Å². The van der Waals surface area contributed by atoms with Gasteiger partial charge in [0.25, 0.3) is 5.91 Å². The maximum absolute atomic E-state index is 13.6. The van der Waals surface area contributed by atoms with Crippen LogP contribution < -0.4 is 29.0 Å². The first kappa shape index (κ1) is 28.2. The van der Waals surface area contributed by atoms with Gasteiger partial charge in [-0.3, -0.25) is 9.78 Å². The van der Waals surface area contributed by atoms with Crippen LogP contribution in [0.1, 0.15) is 23.0 Å². The molecule has 0 aliphatic rings. The molecule has 42 heavy (non-hydrogen) atoms. The number of methoxy groups -OCH3 is 3. The number of aryl methyl sites for hydroxylation is 1. The van der Waals surface area contributed by atoms with E-state index in [1.807, 2.05) is 13.0 Å². The quantitative estimate of drug-likeness (QED) is 0.207. The molecule has 0 saturated carbocycles. The Labute approximate surface area is 241 Å². The lowest BCUT2D eigenvalue weighted by molar-refractivity contribution is 0.101. The van der Waals surface area contributed by atoms with Gasteiger partial charge in [-0.2, -0.15) is 5.10 Å². The lowest BCUT2D eigenvalue weighted by Gasteiger charge is -2.15. The Balaban J connectivity index is 1.42. The van der Waals surface area contributed by atoms with Crippen molar-refractivity contribution >= 4 is 22.5 Å². The van der Waals surface area contributed by atoms with Gasteiger partial charge < -0.3 is 29.0 Å². The molecule has 0 aliphatic carbocycles. The van der Waals surface area contributed by atoms with Crippen molar-refractivity contribution in [3.05, 3.63) is 84.1 Å². The van der Waals surface area contributed by atoms with Crippen LogP contribution >= 0.6 is 0 Å². The maximum Gasteiger partial charge on any atom is 0.280 e. The van der Waals surface area contributed by atoms with E-state index >= 15 is 0 Å². The highest BCUT2D eigenvalue weighted by Crippen LogP contribution is 2.40. The molecule has 1 amide bonds. The lowest BCUT2D eigenvalue weighted by atomic mass is 10.1. The van der Waals surface area contributed by atoms with E-state index in [2.05, 4.69) is 15.4 Å². The van der Waals surface area contributed by atoms with Crippen LogP contribution in [-0.2, 0) is 0 Å². The number of nitrogens with zero attached hydrogens (tertiary/aromatic N) is 3. The van der Waals surface area contributed by atoms with Gasteiger partial charge in [0.2, 0.25) is 0 Å². The molecule has 0 radical (unpaired) electrons. The Bertz CT molecular complexity index is 1770. The first-order chi connectivity index (χ1) is 20.4. The summed E-state index contributed by atoms with van der Waals surface area (Å²) in [5.74, 6) is 1.86. The van der Waals surface area contributed by atoms with Crippen molar-refractivity contribution in [3.63, 3.8) is 0 Å². The molecule has 0 spiro atoms. The third kappa shape index (κ3) is 5.49. The van der Waals surface area contributed by atoms with Crippen molar-refractivity contribution < 1.29 is 32.9 Å². The van der Waals surface area contributed by atoms with E-state index in [0.29, 0.717) is 57.8 Å². The molecule has 3 aromatic carbocycles. The molecule has 216 valence electrons. The lowest BCUT2D eigenvalue weighted by Crippen LogP contribution is -2.15. The molecule has 0 unspecified atom stereocenters. The van der Waals surface area contributed by atoms with E-state index < -0.39 is 5.91 Å². The summed E-state index contributed by atoms with van der Waals surface area (Å²) in [6.07, 6.45) is 3.21. The Morgan fingerprint density at radius 2 is 1.74 bits per heavy atom. The van der Waals surface area contributed by atoms with E-state index in [0.717, 1.165) is 5.39 Å². The third-order valence-corrected chi connectivity index (χ3v) is 6.46. The van der Waals surface area contributed by atoms with Crippen LogP contribution in [0.15, 0.2) is 67.0 Å². The number of rotatable bonds is 10. The molecule has 10 nitrogen and oxygen atoms in total. The normalized spacial score (nSPS) is 10.8. The number of nitrogens with one attached hydrogen (secondary N) is 1. The monoisotopic (exact) mass is 572 g/mol. The van der Waals surface area contributed by atoms with Gasteiger partial charge in [0.1, 0.15) is 28.6 Å². The van der Waals surface area contributed by atoms with Gasteiger partial charge in [0, 0.05) is 17.6 Å². The fourth-order valence-corrected chi connectivity index (χ4v) is 4.52. The van der Waals surface area contributed by atoms with E-state index in [9.17, 15) is 9.18 Å². The summed E-state index contributed by atoms with van der Waals surface area (Å²) in [6.45, 7) is 3.89. The van der Waals surface area contributed by atoms with Crippen molar-refractivity contribution in [3.8, 4) is 40.2 Å². The summed E-state index contributed by atoms with van der Waals surface area (Å²) in [5.41, 5.74) is 2.33. The Hall–Kier alpha value is -5.32. The number of ether oxygens (including phenoxy) is 5. The van der Waals surface area contributed by atoms with Crippen molar-refractivity contribution in [2.45, 2.75) is 13.8 Å². The van der Waals surface area contributed by atoms with Crippen molar-refractivity contribution in [1.29, 1.82) is 0 Å². The van der Waals surface area contributed by atoms with Gasteiger partial charge in [0.15, 0.2) is 22.9 Å². The number of amides is 1. The van der Waals surface area contributed by atoms with E-state index in [1.165, 1.54) is 23.9 Å². The van der Waals surface area contributed by atoms with Crippen LogP contribution in [0.4, 0.5) is 10.1 Å². The number of hydrogen-bond acceptors (Lipinski definition) is 8. The highest BCUT2D eigenvalue weighted by Gasteiger charge is 2.22. The Morgan fingerprint density at radius 1 is 0.929 bits per heavy atom. The Morgan fingerprint density at radius 3 is 2.45 bits per heavy atom. The molecular formula is C31H29FN4O6. The maximum atomic E-state index is 13.6. The van der Waals surface area contributed by atoms with Gasteiger partial charge in [-0.15, -0.1) is 0 Å². The second-order valence-electron chi connectivity index (χ2n) is 9.07. The predicted molar refractivity (Wildman–Crippen MR) is 155 cm³/mol. The number of carbonyl (C=O) groups excluding carboxylic acids is 1. The molecule has 5 aromatic rings. The molecule has 0 atom stereocenters. The standard InChI is InChI=1S/C31H29FN4O6/c1-6-41-27-17-36(23-11-7-19(32)15-18(23)2)35-29(27)31(37)34-22-10-8-20(16-26(22)39-4)42-24-13-14-33-28-21(24)9-12-25(38-3)30(28)40-5/h7-17H,6H2,1-5H3,(H,34,37). The van der Waals surface area contributed by atoms with Crippen molar-refractivity contribution in [2.24, 2.45) is 0 Å². The van der Waals surface area contributed by atoms with E-state index in [1.54, 1.807) is 69.9 Å². The minimum Gasteiger partial charge on any atom is -0.494 e. The van der Waals surface area contributed by atoms with Crippen molar-refractivity contribution in [1.82, 2.24) is 14.8 Å². The zero-order valence-corrected chi connectivity index (χ0v) is 23.7. The number of carbonyl (C=O) groups is 1. The molecule has 0 fully saturated rings. The van der Waals surface area contributed by atoms with Gasteiger partial charge >= 0.3 is 0 Å². The van der Waals surface area contributed by atoms with Crippen LogP contribution in [0.3, 0.4) is 0 Å². The van der Waals surface area contributed by atoms with Gasteiger partial charge in [-0.25, -0.2) is 9.07 Å². The summed E-state index contributed by atoms with van der Waals surface area (Å²) < 4.78 is 43.4. The first-order valence-electron chi connectivity index (χ1n) is 13.0. The topological polar surface area (TPSA) is 106 Å². The molecule has 0 saturated heterocycles. The van der Waals surface area contributed by atoms with E-state index in [-0.39, 0.29) is 17.3 Å². The number of fused-ring (bicyclic) bond motifs is 1. The summed E-state index contributed by atoms with van der Waals surface area (Å²) in [7, 11) is 4.60. The molecule has 0 bridgehead atoms. The number of pyridine rings is 1. The van der Waals surface area contributed by atoms with Crippen LogP contribution in [0.5, 0.6) is 34.5 Å². The second-order valence-corrected chi connectivity index (χ2v) is 9.07. The number of aromatic nitrogens is 3. The highest BCUT2D eigenvalue weighted by molar-refractivity contribution is 6.05. The summed E-state index contributed by atoms with van der Waals surface area (Å²) in [4.78, 5) is 17.8. The molecular weight excluding hydrogens is 543 g/mol. The molecule has 2 heterocycles. The minimum absolute atomic E-state index is 0.0654. The first-order valence-corrected chi connectivity index (χ1v) is 13.0. The van der Waals surface area contributed by atoms with Gasteiger partial charge in [-0.05, 0) is 67.9 Å². The fourth-order valence-electron chi connectivity index (χ4n) is 4.52. The zero-order chi connectivity index (χ0) is 29.8. The smallest absolute Gasteiger partial charge is 0.280 e. The number of benzene rings is 3. The second kappa shape index (κ2) is 12.0. The highest BCUT2D eigenvalue weighted by atomic mass is 19.1. The zero-order valence-electron chi connectivity index (χ0n) is 23.7. The van der Waals surface area contributed by atoms with Crippen molar-refractivity contribution in [2.75, 3.05) is 33.3 Å². The number of halogens is 1.